The standard InChI is InChI=1S/C14H13F3N2O/c15-14(16,17)11-8-12(18)13(20)19(9-11)7-6-10-4-2-1-3-5-10/h1-5,8-9H,6-7,18H2. The smallest absolute Gasteiger partial charge is 0.394 e. The molecular weight excluding hydrogens is 269 g/mol. The van der Waals surface area contributed by atoms with E-state index >= 15 is 0 Å². The summed E-state index contributed by atoms with van der Waals surface area (Å²) in [6.07, 6.45) is -3.25. The number of pyridine rings is 1. The molecule has 0 aliphatic heterocycles. The van der Waals surface area contributed by atoms with Crippen LogP contribution in [-0.4, -0.2) is 4.57 Å². The van der Waals surface area contributed by atoms with Crippen LogP contribution < -0.4 is 11.3 Å². The summed E-state index contributed by atoms with van der Waals surface area (Å²) in [5.41, 5.74) is 4.38. The Bertz CT molecular complexity index is 648. The number of nitrogens with zero attached hydrogens (tertiary/aromatic N) is 1. The van der Waals surface area contributed by atoms with Gasteiger partial charge < -0.3 is 10.3 Å². The van der Waals surface area contributed by atoms with E-state index in [4.69, 9.17) is 5.73 Å². The van der Waals surface area contributed by atoms with Crippen LogP contribution in [0.5, 0.6) is 0 Å². The van der Waals surface area contributed by atoms with E-state index in [9.17, 15) is 18.0 Å². The molecule has 0 aliphatic carbocycles. The van der Waals surface area contributed by atoms with Crippen LogP contribution in [0.25, 0.3) is 0 Å². The van der Waals surface area contributed by atoms with Gasteiger partial charge in [0.1, 0.15) is 0 Å². The van der Waals surface area contributed by atoms with E-state index in [1.54, 1.807) is 0 Å². The van der Waals surface area contributed by atoms with E-state index in [1.807, 2.05) is 30.3 Å². The molecule has 0 aliphatic rings. The van der Waals surface area contributed by atoms with Crippen molar-refractivity contribution in [2.45, 2.75) is 19.1 Å². The molecule has 2 N–H and O–H groups in total. The highest BCUT2D eigenvalue weighted by atomic mass is 19.4. The molecule has 106 valence electrons. The molecule has 1 aromatic carbocycles. The Hall–Kier alpha value is -2.24. The second-order valence-electron chi connectivity index (χ2n) is 4.42. The van der Waals surface area contributed by atoms with Gasteiger partial charge in [-0.15, -0.1) is 0 Å². The monoisotopic (exact) mass is 282 g/mol. The van der Waals surface area contributed by atoms with Gasteiger partial charge in [0.15, 0.2) is 0 Å². The number of anilines is 1. The van der Waals surface area contributed by atoms with Crippen LogP contribution in [0.3, 0.4) is 0 Å². The van der Waals surface area contributed by atoms with Crippen LogP contribution in [0.15, 0.2) is 47.4 Å². The average Bonchev–Trinajstić information content (AvgIpc) is 2.40. The molecule has 1 heterocycles. The minimum Gasteiger partial charge on any atom is -0.394 e. The average molecular weight is 282 g/mol. The molecular formula is C14H13F3N2O. The van der Waals surface area contributed by atoms with Crippen molar-refractivity contribution in [3.63, 3.8) is 0 Å². The summed E-state index contributed by atoms with van der Waals surface area (Å²) >= 11 is 0. The molecule has 0 unspecified atom stereocenters. The Balaban J connectivity index is 2.27. The normalized spacial score (nSPS) is 11.6. The first kappa shape index (κ1) is 14.2. The molecule has 0 bridgehead atoms. The lowest BCUT2D eigenvalue weighted by molar-refractivity contribution is -0.138. The highest BCUT2D eigenvalue weighted by Crippen LogP contribution is 2.29. The summed E-state index contributed by atoms with van der Waals surface area (Å²) in [5, 5.41) is 0. The number of hydrogen-bond acceptors (Lipinski definition) is 2. The quantitative estimate of drug-likeness (QED) is 0.941. The number of hydrogen-bond donors (Lipinski definition) is 1. The molecule has 0 amide bonds. The molecule has 3 nitrogen and oxygen atoms in total. The Labute approximate surface area is 113 Å². The lowest BCUT2D eigenvalue weighted by Crippen LogP contribution is -2.25. The largest absolute Gasteiger partial charge is 0.417 e. The van der Waals surface area contributed by atoms with E-state index in [0.29, 0.717) is 12.5 Å². The van der Waals surface area contributed by atoms with Gasteiger partial charge in [-0.3, -0.25) is 4.79 Å². The van der Waals surface area contributed by atoms with Crippen LogP contribution in [-0.2, 0) is 19.1 Å². The number of aromatic nitrogens is 1. The van der Waals surface area contributed by atoms with E-state index in [-0.39, 0.29) is 6.54 Å². The Morgan fingerprint density at radius 3 is 2.40 bits per heavy atom. The Morgan fingerprint density at radius 2 is 1.80 bits per heavy atom. The molecule has 6 heteroatoms. The summed E-state index contributed by atoms with van der Waals surface area (Å²) in [4.78, 5) is 11.7. The number of nitrogens with two attached hydrogens (primary N) is 1. The SMILES string of the molecule is Nc1cc(C(F)(F)F)cn(CCc2ccccc2)c1=O. The van der Waals surface area contributed by atoms with E-state index in [2.05, 4.69) is 0 Å². The van der Waals surface area contributed by atoms with Crippen molar-refractivity contribution in [3.8, 4) is 0 Å². The van der Waals surface area contributed by atoms with Crippen molar-refractivity contribution in [1.29, 1.82) is 0 Å². The highest BCUT2D eigenvalue weighted by Gasteiger charge is 2.31. The Kier molecular flexibility index (Phi) is 3.83. The minimum atomic E-state index is -4.52. The molecule has 20 heavy (non-hydrogen) atoms. The van der Waals surface area contributed by atoms with Crippen molar-refractivity contribution >= 4 is 5.69 Å². The molecule has 0 fully saturated rings. The second-order valence-corrected chi connectivity index (χ2v) is 4.42. The maximum absolute atomic E-state index is 12.7. The van der Waals surface area contributed by atoms with Gasteiger partial charge in [0.25, 0.3) is 5.56 Å². The number of nitrogen functional groups attached to an aromatic ring is 1. The van der Waals surface area contributed by atoms with Crippen molar-refractivity contribution in [2.24, 2.45) is 0 Å². The first-order valence-corrected chi connectivity index (χ1v) is 5.99. The van der Waals surface area contributed by atoms with Crippen molar-refractivity contribution < 1.29 is 13.2 Å². The van der Waals surface area contributed by atoms with Crippen LogP contribution in [0.4, 0.5) is 18.9 Å². The number of halogens is 3. The van der Waals surface area contributed by atoms with Gasteiger partial charge >= 0.3 is 6.18 Å². The summed E-state index contributed by atoms with van der Waals surface area (Å²) in [6, 6.07) is 9.88. The van der Waals surface area contributed by atoms with Crippen LogP contribution in [0.1, 0.15) is 11.1 Å². The maximum Gasteiger partial charge on any atom is 0.417 e. The fraction of sp³-hybridized carbons (Fsp3) is 0.214. The molecule has 0 radical (unpaired) electrons. The zero-order valence-corrected chi connectivity index (χ0v) is 10.5. The third kappa shape index (κ3) is 3.20. The van der Waals surface area contributed by atoms with Gasteiger partial charge in [-0.05, 0) is 18.1 Å². The lowest BCUT2D eigenvalue weighted by atomic mass is 10.1. The molecule has 0 saturated heterocycles. The molecule has 0 saturated carbocycles. The van der Waals surface area contributed by atoms with E-state index < -0.39 is 23.0 Å². The van der Waals surface area contributed by atoms with Crippen LogP contribution >= 0.6 is 0 Å². The van der Waals surface area contributed by atoms with E-state index in [1.165, 1.54) is 0 Å². The number of aryl methyl sites for hydroxylation is 2. The molecule has 0 atom stereocenters. The maximum atomic E-state index is 12.7. The minimum absolute atomic E-state index is 0.150. The van der Waals surface area contributed by atoms with E-state index in [0.717, 1.165) is 16.3 Å². The third-order valence-corrected chi connectivity index (χ3v) is 2.93. The van der Waals surface area contributed by atoms with Gasteiger partial charge in [-0.25, -0.2) is 0 Å². The third-order valence-electron chi connectivity index (χ3n) is 2.93. The van der Waals surface area contributed by atoms with Gasteiger partial charge in [0, 0.05) is 12.7 Å². The first-order chi connectivity index (χ1) is 9.38. The predicted molar refractivity (Wildman–Crippen MR) is 70.3 cm³/mol. The number of benzene rings is 1. The van der Waals surface area contributed by atoms with Crippen LogP contribution in [0.2, 0.25) is 0 Å². The summed E-state index contributed by atoms with van der Waals surface area (Å²) in [6.45, 7) is 0.150. The number of rotatable bonds is 3. The number of alkyl halides is 3. The zero-order valence-electron chi connectivity index (χ0n) is 10.5. The topological polar surface area (TPSA) is 48.0 Å². The van der Waals surface area contributed by atoms with Gasteiger partial charge in [0.2, 0.25) is 0 Å². The van der Waals surface area contributed by atoms with Gasteiger partial charge in [0.05, 0.1) is 11.3 Å². The van der Waals surface area contributed by atoms with Crippen molar-refractivity contribution in [2.75, 3.05) is 5.73 Å². The summed E-state index contributed by atoms with van der Waals surface area (Å²) in [5.74, 6) is 0. The summed E-state index contributed by atoms with van der Waals surface area (Å²) in [7, 11) is 0. The summed E-state index contributed by atoms with van der Waals surface area (Å²) < 4.78 is 39.0. The second kappa shape index (κ2) is 5.40. The highest BCUT2D eigenvalue weighted by molar-refractivity contribution is 5.39. The fourth-order valence-corrected chi connectivity index (χ4v) is 1.87. The molecule has 2 aromatic rings. The zero-order chi connectivity index (χ0) is 14.8. The van der Waals surface area contributed by atoms with Crippen molar-refractivity contribution in [3.05, 3.63) is 64.1 Å². The van der Waals surface area contributed by atoms with Gasteiger partial charge in [-0.2, -0.15) is 13.2 Å². The Morgan fingerprint density at radius 1 is 1.15 bits per heavy atom. The molecule has 2 rings (SSSR count). The molecule has 0 spiro atoms. The lowest BCUT2D eigenvalue weighted by Gasteiger charge is -2.12. The first-order valence-electron chi connectivity index (χ1n) is 5.99. The molecule has 1 aromatic heterocycles. The predicted octanol–water partition coefficient (Wildman–Crippen LogP) is 2.69. The fourth-order valence-electron chi connectivity index (χ4n) is 1.87. The van der Waals surface area contributed by atoms with Crippen molar-refractivity contribution in [1.82, 2.24) is 4.57 Å². The van der Waals surface area contributed by atoms with Gasteiger partial charge in [-0.1, -0.05) is 30.3 Å². The van der Waals surface area contributed by atoms with Crippen LogP contribution in [0, 0.1) is 0 Å².